The molecule has 0 atom stereocenters. The summed E-state index contributed by atoms with van der Waals surface area (Å²) in [5, 5.41) is 1.25. The Morgan fingerprint density at radius 3 is 2.85 bits per heavy atom. The molecule has 1 heteroatoms. The highest BCUT2D eigenvalue weighted by Crippen LogP contribution is 2.15. The Morgan fingerprint density at radius 1 is 1.23 bits per heavy atom. The monoisotopic (exact) mass is 169 g/mol. The lowest BCUT2D eigenvalue weighted by Crippen LogP contribution is -1.83. The molecule has 0 amide bonds. The van der Waals surface area contributed by atoms with E-state index in [9.17, 15) is 0 Å². The van der Waals surface area contributed by atoms with Crippen LogP contribution in [0.3, 0.4) is 0 Å². The second-order valence-corrected chi connectivity index (χ2v) is 3.08. The summed E-state index contributed by atoms with van der Waals surface area (Å²) >= 11 is 0. The molecule has 1 aromatic carbocycles. The second kappa shape index (κ2) is 2.99. The maximum absolute atomic E-state index is 3.05. The van der Waals surface area contributed by atoms with E-state index < -0.39 is 0 Å². The number of hydrogen-bond donors (Lipinski definition) is 0. The molecule has 0 bridgehead atoms. The fourth-order valence-electron chi connectivity index (χ4n) is 1.50. The van der Waals surface area contributed by atoms with Crippen LogP contribution in [0.15, 0.2) is 30.5 Å². The molecule has 2 rings (SSSR count). The molecule has 1 heterocycles. The minimum Gasteiger partial charge on any atom is -0.351 e. The van der Waals surface area contributed by atoms with Crippen LogP contribution in [-0.2, 0) is 7.05 Å². The Balaban J connectivity index is 2.67. The summed E-state index contributed by atoms with van der Waals surface area (Å²) in [5.74, 6) is 5.95. The number of benzene rings is 1. The summed E-state index contributed by atoms with van der Waals surface area (Å²) in [4.78, 5) is 0. The molecule has 0 aliphatic heterocycles. The van der Waals surface area contributed by atoms with E-state index in [-0.39, 0.29) is 0 Å². The largest absolute Gasteiger partial charge is 0.351 e. The molecule has 0 N–H and O–H groups in total. The van der Waals surface area contributed by atoms with Crippen LogP contribution in [0.5, 0.6) is 0 Å². The smallest absolute Gasteiger partial charge is 0.0478 e. The summed E-state index contributed by atoms with van der Waals surface area (Å²) in [6, 6.07) is 8.38. The molecule has 0 spiro atoms. The highest BCUT2D eigenvalue weighted by molar-refractivity contribution is 5.81. The van der Waals surface area contributed by atoms with Crippen molar-refractivity contribution < 1.29 is 0 Å². The standard InChI is InChI=1S/C12H11N/c1-3-4-10-5-6-12-11(9-10)7-8-13(12)2/h5-9H,1-2H3. The second-order valence-electron chi connectivity index (χ2n) is 3.08. The zero-order valence-electron chi connectivity index (χ0n) is 7.83. The first-order valence-electron chi connectivity index (χ1n) is 4.29. The molecule has 2 aromatic rings. The van der Waals surface area contributed by atoms with Gasteiger partial charge in [0.2, 0.25) is 0 Å². The van der Waals surface area contributed by atoms with Crippen molar-refractivity contribution in [1.82, 2.24) is 4.57 Å². The van der Waals surface area contributed by atoms with Gasteiger partial charge in [0.1, 0.15) is 0 Å². The molecule has 0 aliphatic carbocycles. The van der Waals surface area contributed by atoms with Crippen molar-refractivity contribution in [2.45, 2.75) is 6.92 Å². The van der Waals surface area contributed by atoms with E-state index in [2.05, 4.69) is 46.9 Å². The predicted molar refractivity (Wildman–Crippen MR) is 55.5 cm³/mol. The Bertz CT molecular complexity index is 495. The first-order valence-corrected chi connectivity index (χ1v) is 4.29. The van der Waals surface area contributed by atoms with Crippen LogP contribution in [0.4, 0.5) is 0 Å². The number of hydrogen-bond acceptors (Lipinski definition) is 0. The Hall–Kier alpha value is -1.68. The third-order valence-corrected chi connectivity index (χ3v) is 2.15. The van der Waals surface area contributed by atoms with Crippen molar-refractivity contribution in [2.75, 3.05) is 0 Å². The minimum absolute atomic E-state index is 1.08. The SMILES string of the molecule is CC#Cc1ccc2c(ccn2C)c1. The summed E-state index contributed by atoms with van der Waals surface area (Å²) in [7, 11) is 2.05. The number of aromatic nitrogens is 1. The van der Waals surface area contributed by atoms with E-state index in [0.717, 1.165) is 5.56 Å². The van der Waals surface area contributed by atoms with Crippen LogP contribution in [0.2, 0.25) is 0 Å². The number of fused-ring (bicyclic) bond motifs is 1. The summed E-state index contributed by atoms with van der Waals surface area (Å²) < 4.78 is 2.11. The molecule has 13 heavy (non-hydrogen) atoms. The Kier molecular flexibility index (Phi) is 1.83. The normalized spacial score (nSPS) is 9.69. The molecule has 0 saturated carbocycles. The van der Waals surface area contributed by atoms with Gasteiger partial charge in [0.25, 0.3) is 0 Å². The van der Waals surface area contributed by atoms with Gasteiger partial charge in [0, 0.05) is 29.7 Å². The van der Waals surface area contributed by atoms with Gasteiger partial charge < -0.3 is 4.57 Å². The van der Waals surface area contributed by atoms with E-state index in [4.69, 9.17) is 0 Å². The van der Waals surface area contributed by atoms with E-state index in [1.165, 1.54) is 10.9 Å². The molecule has 1 nitrogen and oxygen atoms in total. The zero-order valence-corrected chi connectivity index (χ0v) is 7.83. The zero-order chi connectivity index (χ0) is 9.26. The summed E-state index contributed by atoms with van der Waals surface area (Å²) in [6.07, 6.45) is 2.06. The van der Waals surface area contributed by atoms with Crippen LogP contribution in [0, 0.1) is 11.8 Å². The van der Waals surface area contributed by atoms with Gasteiger partial charge in [0.05, 0.1) is 0 Å². The van der Waals surface area contributed by atoms with Gasteiger partial charge in [-0.25, -0.2) is 0 Å². The van der Waals surface area contributed by atoms with Crippen molar-refractivity contribution in [3.63, 3.8) is 0 Å². The number of nitrogens with zero attached hydrogens (tertiary/aromatic N) is 1. The summed E-state index contributed by atoms with van der Waals surface area (Å²) in [5.41, 5.74) is 2.34. The lowest BCUT2D eigenvalue weighted by Gasteiger charge is -1.95. The molecule has 0 saturated heterocycles. The third-order valence-electron chi connectivity index (χ3n) is 2.15. The average molecular weight is 169 g/mol. The van der Waals surface area contributed by atoms with Gasteiger partial charge in [0.15, 0.2) is 0 Å². The molecular formula is C12H11N. The Morgan fingerprint density at radius 2 is 2.08 bits per heavy atom. The average Bonchev–Trinajstić information content (AvgIpc) is 2.48. The first kappa shape index (κ1) is 7.94. The van der Waals surface area contributed by atoms with Crippen molar-refractivity contribution >= 4 is 10.9 Å². The predicted octanol–water partition coefficient (Wildman–Crippen LogP) is 2.55. The molecule has 1 aromatic heterocycles. The fourth-order valence-corrected chi connectivity index (χ4v) is 1.50. The maximum atomic E-state index is 3.05. The third kappa shape index (κ3) is 1.31. The highest BCUT2D eigenvalue weighted by Gasteiger charge is 1.96. The summed E-state index contributed by atoms with van der Waals surface area (Å²) in [6.45, 7) is 1.86. The van der Waals surface area contributed by atoms with Gasteiger partial charge in [-0.2, -0.15) is 0 Å². The molecule has 0 aliphatic rings. The van der Waals surface area contributed by atoms with Crippen LogP contribution in [0.25, 0.3) is 10.9 Å². The minimum atomic E-state index is 1.08. The molecule has 0 unspecified atom stereocenters. The van der Waals surface area contributed by atoms with Crippen LogP contribution in [-0.4, -0.2) is 4.57 Å². The van der Waals surface area contributed by atoms with Gasteiger partial charge in [-0.05, 0) is 31.2 Å². The highest BCUT2D eigenvalue weighted by atomic mass is 14.9. The molecule has 64 valence electrons. The van der Waals surface area contributed by atoms with Gasteiger partial charge in [-0.15, -0.1) is 5.92 Å². The number of aryl methyl sites for hydroxylation is 1. The van der Waals surface area contributed by atoms with Gasteiger partial charge >= 0.3 is 0 Å². The molecular weight excluding hydrogens is 158 g/mol. The van der Waals surface area contributed by atoms with E-state index in [0.29, 0.717) is 0 Å². The van der Waals surface area contributed by atoms with Crippen LogP contribution >= 0.6 is 0 Å². The first-order chi connectivity index (χ1) is 6.31. The van der Waals surface area contributed by atoms with Crippen LogP contribution < -0.4 is 0 Å². The quantitative estimate of drug-likeness (QED) is 0.534. The van der Waals surface area contributed by atoms with Gasteiger partial charge in [-0.3, -0.25) is 0 Å². The van der Waals surface area contributed by atoms with E-state index in [1.807, 2.05) is 14.0 Å². The lowest BCUT2D eigenvalue weighted by atomic mass is 10.1. The topological polar surface area (TPSA) is 4.93 Å². The van der Waals surface area contributed by atoms with Gasteiger partial charge in [-0.1, -0.05) is 5.92 Å². The van der Waals surface area contributed by atoms with Crippen LogP contribution in [0.1, 0.15) is 12.5 Å². The Labute approximate surface area is 78.0 Å². The lowest BCUT2D eigenvalue weighted by molar-refractivity contribution is 0.969. The van der Waals surface area contributed by atoms with E-state index >= 15 is 0 Å². The van der Waals surface area contributed by atoms with Crippen molar-refractivity contribution in [3.05, 3.63) is 36.0 Å². The maximum Gasteiger partial charge on any atom is 0.0478 e. The number of rotatable bonds is 0. The fraction of sp³-hybridized carbons (Fsp3) is 0.167. The van der Waals surface area contributed by atoms with Crippen molar-refractivity contribution in [1.29, 1.82) is 0 Å². The van der Waals surface area contributed by atoms with Crippen molar-refractivity contribution in [2.24, 2.45) is 7.05 Å². The molecule has 0 fully saturated rings. The molecule has 0 radical (unpaired) electrons. The van der Waals surface area contributed by atoms with Crippen molar-refractivity contribution in [3.8, 4) is 11.8 Å². The van der Waals surface area contributed by atoms with E-state index in [1.54, 1.807) is 0 Å².